The van der Waals surface area contributed by atoms with Gasteiger partial charge in [-0.3, -0.25) is 0 Å². The maximum absolute atomic E-state index is 3.83. The van der Waals surface area contributed by atoms with E-state index < -0.39 is 0 Å². The van der Waals surface area contributed by atoms with Gasteiger partial charge < -0.3 is 5.32 Å². The molecule has 0 bridgehead atoms. The van der Waals surface area contributed by atoms with Crippen LogP contribution in [0.25, 0.3) is 0 Å². The highest BCUT2D eigenvalue weighted by molar-refractivity contribution is 7.99. The lowest BCUT2D eigenvalue weighted by atomic mass is 9.92. The van der Waals surface area contributed by atoms with Crippen molar-refractivity contribution in [1.82, 2.24) is 5.32 Å². The summed E-state index contributed by atoms with van der Waals surface area (Å²) in [6.07, 6.45) is 8.63. The maximum atomic E-state index is 3.83. The zero-order valence-electron chi connectivity index (χ0n) is 8.59. The number of hydrogen-bond donors (Lipinski definition) is 1. The monoisotopic (exact) mass is 199 g/mol. The van der Waals surface area contributed by atoms with Crippen LogP contribution in [0.1, 0.15) is 45.4 Å². The molecule has 0 radical (unpaired) electrons. The molecule has 2 saturated carbocycles. The van der Waals surface area contributed by atoms with Crippen molar-refractivity contribution in [2.75, 3.05) is 5.75 Å². The van der Waals surface area contributed by atoms with Crippen molar-refractivity contribution in [3.8, 4) is 0 Å². The standard InChI is InChI=1S/C11H21NS/c1-2-13-11-8-4-7-10(11)12-9-5-3-6-9/h9-12H,2-8H2,1H3. The van der Waals surface area contributed by atoms with Gasteiger partial charge in [0.2, 0.25) is 0 Å². The molecule has 0 aromatic carbocycles. The van der Waals surface area contributed by atoms with Gasteiger partial charge in [-0.05, 0) is 31.4 Å². The third kappa shape index (κ3) is 2.41. The van der Waals surface area contributed by atoms with E-state index in [4.69, 9.17) is 0 Å². The van der Waals surface area contributed by atoms with Gasteiger partial charge in [-0.1, -0.05) is 19.8 Å². The predicted octanol–water partition coefficient (Wildman–Crippen LogP) is 2.80. The SMILES string of the molecule is CCSC1CCCC1NC1CCC1. The van der Waals surface area contributed by atoms with Crippen LogP contribution in [0.5, 0.6) is 0 Å². The van der Waals surface area contributed by atoms with Gasteiger partial charge in [0.05, 0.1) is 0 Å². The van der Waals surface area contributed by atoms with Gasteiger partial charge in [0, 0.05) is 17.3 Å². The molecule has 0 amide bonds. The zero-order chi connectivity index (χ0) is 9.10. The van der Waals surface area contributed by atoms with Crippen LogP contribution >= 0.6 is 11.8 Å². The number of rotatable bonds is 4. The van der Waals surface area contributed by atoms with Crippen molar-refractivity contribution >= 4 is 11.8 Å². The van der Waals surface area contributed by atoms with Crippen molar-refractivity contribution in [2.45, 2.75) is 62.8 Å². The first-order valence-corrected chi connectivity index (χ1v) is 6.82. The van der Waals surface area contributed by atoms with Gasteiger partial charge in [0.25, 0.3) is 0 Å². The highest BCUT2D eigenvalue weighted by Gasteiger charge is 2.30. The quantitative estimate of drug-likeness (QED) is 0.747. The summed E-state index contributed by atoms with van der Waals surface area (Å²) in [5.74, 6) is 1.29. The molecule has 2 fully saturated rings. The van der Waals surface area contributed by atoms with Crippen LogP contribution in [0.3, 0.4) is 0 Å². The molecule has 0 aliphatic heterocycles. The van der Waals surface area contributed by atoms with E-state index in [0.717, 1.165) is 17.3 Å². The number of thioether (sulfide) groups is 1. The lowest BCUT2D eigenvalue weighted by Gasteiger charge is -2.32. The molecule has 0 aromatic rings. The third-order valence-corrected chi connectivity index (χ3v) is 4.71. The first-order chi connectivity index (χ1) is 6.40. The lowest BCUT2D eigenvalue weighted by Crippen LogP contribution is -2.44. The van der Waals surface area contributed by atoms with Crippen LogP contribution < -0.4 is 5.32 Å². The number of hydrogen-bond acceptors (Lipinski definition) is 2. The lowest BCUT2D eigenvalue weighted by molar-refractivity contribution is 0.307. The molecule has 0 spiro atoms. The Morgan fingerprint density at radius 1 is 1.15 bits per heavy atom. The minimum atomic E-state index is 0.843. The van der Waals surface area contributed by atoms with Gasteiger partial charge in [-0.15, -0.1) is 0 Å². The average molecular weight is 199 g/mol. The first kappa shape index (κ1) is 9.85. The predicted molar refractivity (Wildman–Crippen MR) is 60.3 cm³/mol. The molecular formula is C11H21NS. The normalized spacial score (nSPS) is 34.8. The second-order valence-corrected chi connectivity index (χ2v) is 5.84. The molecule has 2 aliphatic carbocycles. The van der Waals surface area contributed by atoms with E-state index in [-0.39, 0.29) is 0 Å². The third-order valence-electron chi connectivity index (χ3n) is 3.39. The summed E-state index contributed by atoms with van der Waals surface area (Å²) in [6.45, 7) is 2.28. The molecule has 2 unspecified atom stereocenters. The second kappa shape index (κ2) is 4.70. The van der Waals surface area contributed by atoms with Gasteiger partial charge >= 0.3 is 0 Å². The van der Waals surface area contributed by atoms with Crippen LogP contribution in [-0.4, -0.2) is 23.1 Å². The Kier molecular flexibility index (Phi) is 3.56. The maximum Gasteiger partial charge on any atom is 0.0201 e. The van der Waals surface area contributed by atoms with E-state index in [1.54, 1.807) is 0 Å². The first-order valence-electron chi connectivity index (χ1n) is 5.78. The Hall–Kier alpha value is 0.310. The average Bonchev–Trinajstić information content (AvgIpc) is 2.46. The summed E-state index contributed by atoms with van der Waals surface area (Å²) in [7, 11) is 0. The highest BCUT2D eigenvalue weighted by Crippen LogP contribution is 2.31. The van der Waals surface area contributed by atoms with E-state index in [2.05, 4.69) is 24.0 Å². The van der Waals surface area contributed by atoms with Crippen molar-refractivity contribution in [3.63, 3.8) is 0 Å². The van der Waals surface area contributed by atoms with E-state index in [0.29, 0.717) is 0 Å². The molecule has 1 nitrogen and oxygen atoms in total. The molecule has 2 atom stereocenters. The summed E-state index contributed by atoms with van der Waals surface area (Å²) in [5.41, 5.74) is 0. The molecule has 2 rings (SSSR count). The Labute approximate surface area is 86.0 Å². The summed E-state index contributed by atoms with van der Waals surface area (Å²) in [6, 6.07) is 1.72. The smallest absolute Gasteiger partial charge is 0.0201 e. The van der Waals surface area contributed by atoms with Crippen molar-refractivity contribution in [2.24, 2.45) is 0 Å². The van der Waals surface area contributed by atoms with E-state index in [1.165, 1.54) is 44.3 Å². The summed E-state index contributed by atoms with van der Waals surface area (Å²) in [4.78, 5) is 0. The topological polar surface area (TPSA) is 12.0 Å². The van der Waals surface area contributed by atoms with Gasteiger partial charge in [-0.2, -0.15) is 11.8 Å². The fourth-order valence-corrected chi connectivity index (χ4v) is 3.62. The largest absolute Gasteiger partial charge is 0.310 e. The fourth-order valence-electron chi connectivity index (χ4n) is 2.41. The summed E-state index contributed by atoms with van der Waals surface area (Å²) >= 11 is 2.16. The highest BCUT2D eigenvalue weighted by atomic mass is 32.2. The van der Waals surface area contributed by atoms with E-state index in [1.807, 2.05) is 0 Å². The zero-order valence-corrected chi connectivity index (χ0v) is 9.41. The van der Waals surface area contributed by atoms with Crippen LogP contribution in [0, 0.1) is 0 Å². The molecule has 1 N–H and O–H groups in total. The van der Waals surface area contributed by atoms with Crippen LogP contribution in [-0.2, 0) is 0 Å². The molecular weight excluding hydrogens is 178 g/mol. The molecule has 0 heterocycles. The molecule has 0 aromatic heterocycles. The molecule has 2 heteroatoms. The van der Waals surface area contributed by atoms with Gasteiger partial charge in [0.15, 0.2) is 0 Å². The Bertz CT molecular complexity index is 156. The molecule has 76 valence electrons. The van der Waals surface area contributed by atoms with E-state index in [9.17, 15) is 0 Å². The minimum absolute atomic E-state index is 0.843. The molecule has 13 heavy (non-hydrogen) atoms. The Morgan fingerprint density at radius 3 is 2.54 bits per heavy atom. The van der Waals surface area contributed by atoms with Crippen molar-refractivity contribution in [1.29, 1.82) is 0 Å². The van der Waals surface area contributed by atoms with Crippen LogP contribution in [0.4, 0.5) is 0 Å². The second-order valence-electron chi connectivity index (χ2n) is 4.33. The molecule has 2 aliphatic rings. The van der Waals surface area contributed by atoms with Crippen LogP contribution in [0.2, 0.25) is 0 Å². The van der Waals surface area contributed by atoms with Crippen molar-refractivity contribution < 1.29 is 0 Å². The van der Waals surface area contributed by atoms with Crippen molar-refractivity contribution in [3.05, 3.63) is 0 Å². The van der Waals surface area contributed by atoms with E-state index >= 15 is 0 Å². The summed E-state index contributed by atoms with van der Waals surface area (Å²) in [5, 5.41) is 4.75. The Balaban J connectivity index is 1.75. The van der Waals surface area contributed by atoms with Gasteiger partial charge in [0.1, 0.15) is 0 Å². The minimum Gasteiger partial charge on any atom is -0.310 e. The Morgan fingerprint density at radius 2 is 1.92 bits per heavy atom. The van der Waals surface area contributed by atoms with Gasteiger partial charge in [-0.25, -0.2) is 0 Å². The van der Waals surface area contributed by atoms with Crippen LogP contribution in [0.15, 0.2) is 0 Å². The summed E-state index contributed by atoms with van der Waals surface area (Å²) < 4.78 is 0. The fraction of sp³-hybridized carbons (Fsp3) is 1.00. The number of nitrogens with one attached hydrogen (secondary N) is 1. The molecule has 0 saturated heterocycles.